The molecule has 3 aromatic rings. The van der Waals surface area contributed by atoms with Crippen molar-refractivity contribution >= 4 is 27.4 Å². The number of halogens is 1. The first-order valence-corrected chi connectivity index (χ1v) is 7.71. The van der Waals surface area contributed by atoms with Gasteiger partial charge in [-0.25, -0.2) is 0 Å². The Hall–Kier alpha value is -2.53. The molecule has 3 aromatic carbocycles. The fraction of sp³-hybridized carbons (Fsp3) is 0.0476. The molecule has 1 unspecified atom stereocenters. The van der Waals surface area contributed by atoms with E-state index in [-0.39, 0.29) is 0 Å². The quantitative estimate of drug-likeness (QED) is 0.671. The van der Waals surface area contributed by atoms with Crippen molar-refractivity contribution in [3.8, 4) is 11.8 Å². The molecule has 0 fully saturated rings. The summed E-state index contributed by atoms with van der Waals surface area (Å²) in [4.78, 5) is 0. The number of aliphatic hydroxyl groups is 1. The number of benzene rings is 3. The second kappa shape index (κ2) is 7.15. The molecule has 0 spiro atoms. The average molecular weight is 319 g/mol. The highest BCUT2D eigenvalue weighted by atomic mass is 35.5. The molecule has 0 radical (unpaired) electrons. The van der Waals surface area contributed by atoms with E-state index in [2.05, 4.69) is 17.9 Å². The summed E-state index contributed by atoms with van der Waals surface area (Å²) < 4.78 is 0. The van der Waals surface area contributed by atoms with Crippen LogP contribution in [0.1, 0.15) is 11.1 Å². The van der Waals surface area contributed by atoms with Crippen LogP contribution < -0.4 is 0 Å². The van der Waals surface area contributed by atoms with E-state index in [1.54, 1.807) is 6.08 Å². The molecule has 0 aromatic heterocycles. The molecule has 2 heteroatoms. The van der Waals surface area contributed by atoms with Gasteiger partial charge in [-0.2, -0.15) is 0 Å². The van der Waals surface area contributed by atoms with Crippen LogP contribution in [0.2, 0.25) is 0 Å². The summed E-state index contributed by atoms with van der Waals surface area (Å²) in [5, 5.41) is 12.8. The van der Waals surface area contributed by atoms with Gasteiger partial charge in [0.1, 0.15) is 6.10 Å². The Morgan fingerprint density at radius 1 is 0.913 bits per heavy atom. The molecule has 0 amide bonds. The maximum atomic E-state index is 10.0. The van der Waals surface area contributed by atoms with Crippen molar-refractivity contribution in [1.29, 1.82) is 0 Å². The minimum atomic E-state index is -0.908. The standard InChI is InChI=1S/C21H15ClO/c22-21(15-20(23)13-10-16-6-2-1-3-7-16)19-12-11-17-8-4-5-9-18(17)14-19/h1-9,11-12,14-15,20,23H. The van der Waals surface area contributed by atoms with Crippen LogP contribution in [0.15, 0.2) is 78.9 Å². The molecule has 1 atom stereocenters. The highest BCUT2D eigenvalue weighted by molar-refractivity contribution is 6.48. The van der Waals surface area contributed by atoms with Gasteiger partial charge in [0.2, 0.25) is 0 Å². The maximum Gasteiger partial charge on any atom is 0.135 e. The SMILES string of the molecule is OC(C#Cc1ccccc1)C=C(Cl)c1ccc2ccccc2c1. The Morgan fingerprint density at radius 2 is 1.61 bits per heavy atom. The summed E-state index contributed by atoms with van der Waals surface area (Å²) in [6.45, 7) is 0. The first kappa shape index (κ1) is 15.4. The Kier molecular flexibility index (Phi) is 4.78. The Balaban J connectivity index is 1.81. The van der Waals surface area contributed by atoms with Gasteiger partial charge >= 0.3 is 0 Å². The molecular formula is C21H15ClO. The lowest BCUT2D eigenvalue weighted by molar-refractivity contribution is 0.281. The molecule has 0 saturated carbocycles. The van der Waals surface area contributed by atoms with E-state index in [9.17, 15) is 5.11 Å². The van der Waals surface area contributed by atoms with Gasteiger partial charge < -0.3 is 5.11 Å². The van der Waals surface area contributed by atoms with Crippen molar-refractivity contribution in [3.63, 3.8) is 0 Å². The fourth-order valence-corrected chi connectivity index (χ4v) is 2.53. The lowest BCUT2D eigenvalue weighted by atomic mass is 10.1. The van der Waals surface area contributed by atoms with Gasteiger partial charge in [-0.3, -0.25) is 0 Å². The normalized spacial score (nSPS) is 12.5. The van der Waals surface area contributed by atoms with Gasteiger partial charge in [-0.05, 0) is 40.6 Å². The van der Waals surface area contributed by atoms with E-state index in [1.165, 1.54) is 0 Å². The molecule has 112 valence electrons. The molecule has 1 nitrogen and oxygen atoms in total. The zero-order chi connectivity index (χ0) is 16.1. The Bertz CT molecular complexity index is 901. The van der Waals surface area contributed by atoms with Crippen LogP contribution in [0.3, 0.4) is 0 Å². The number of rotatable bonds is 2. The van der Waals surface area contributed by atoms with Crippen molar-refractivity contribution in [3.05, 3.63) is 90.0 Å². The van der Waals surface area contributed by atoms with Gasteiger partial charge in [0.05, 0.1) is 0 Å². The van der Waals surface area contributed by atoms with Crippen LogP contribution in [-0.4, -0.2) is 11.2 Å². The van der Waals surface area contributed by atoms with E-state index in [1.807, 2.05) is 66.7 Å². The molecule has 3 rings (SSSR count). The molecule has 0 aliphatic carbocycles. The zero-order valence-corrected chi connectivity index (χ0v) is 13.2. The van der Waals surface area contributed by atoms with Gasteiger partial charge in [-0.15, -0.1) is 0 Å². The number of hydrogen-bond donors (Lipinski definition) is 1. The lowest BCUT2D eigenvalue weighted by Crippen LogP contribution is -1.98. The summed E-state index contributed by atoms with van der Waals surface area (Å²) in [7, 11) is 0. The molecule has 0 saturated heterocycles. The molecule has 0 aliphatic rings. The average Bonchev–Trinajstić information content (AvgIpc) is 2.60. The highest BCUT2D eigenvalue weighted by Gasteiger charge is 2.03. The topological polar surface area (TPSA) is 20.2 Å². The van der Waals surface area contributed by atoms with Gasteiger partial charge in [0, 0.05) is 10.6 Å². The molecule has 0 bridgehead atoms. The molecular weight excluding hydrogens is 304 g/mol. The third-order valence-corrected chi connectivity index (χ3v) is 3.81. The largest absolute Gasteiger partial charge is 0.377 e. The summed E-state index contributed by atoms with van der Waals surface area (Å²) in [5.74, 6) is 5.71. The van der Waals surface area contributed by atoms with Crippen LogP contribution in [0.5, 0.6) is 0 Å². The number of fused-ring (bicyclic) bond motifs is 1. The summed E-state index contributed by atoms with van der Waals surface area (Å²) >= 11 is 6.32. The Morgan fingerprint density at radius 3 is 2.39 bits per heavy atom. The van der Waals surface area contributed by atoms with E-state index in [4.69, 9.17) is 11.6 Å². The lowest BCUT2D eigenvalue weighted by Gasteiger charge is -2.04. The second-order valence-electron chi connectivity index (χ2n) is 5.16. The molecule has 1 N–H and O–H groups in total. The van der Waals surface area contributed by atoms with Crippen LogP contribution in [0.4, 0.5) is 0 Å². The van der Waals surface area contributed by atoms with Crippen molar-refractivity contribution < 1.29 is 5.11 Å². The molecule has 23 heavy (non-hydrogen) atoms. The van der Waals surface area contributed by atoms with Crippen molar-refractivity contribution in [2.75, 3.05) is 0 Å². The van der Waals surface area contributed by atoms with Crippen LogP contribution in [-0.2, 0) is 0 Å². The monoisotopic (exact) mass is 318 g/mol. The van der Waals surface area contributed by atoms with E-state index >= 15 is 0 Å². The van der Waals surface area contributed by atoms with Crippen molar-refractivity contribution in [2.24, 2.45) is 0 Å². The number of aliphatic hydroxyl groups excluding tert-OH is 1. The summed E-state index contributed by atoms with van der Waals surface area (Å²) in [6.07, 6.45) is 0.649. The maximum absolute atomic E-state index is 10.0. The number of hydrogen-bond acceptors (Lipinski definition) is 1. The van der Waals surface area contributed by atoms with E-state index in [0.29, 0.717) is 5.03 Å². The minimum absolute atomic E-state index is 0.491. The summed E-state index contributed by atoms with van der Waals surface area (Å²) in [5.41, 5.74) is 1.73. The second-order valence-corrected chi connectivity index (χ2v) is 5.56. The predicted octanol–water partition coefficient (Wildman–Crippen LogP) is 4.83. The fourth-order valence-electron chi connectivity index (χ4n) is 2.29. The van der Waals surface area contributed by atoms with Gasteiger partial charge in [-0.1, -0.05) is 78.0 Å². The first-order valence-electron chi connectivity index (χ1n) is 7.33. The van der Waals surface area contributed by atoms with E-state index < -0.39 is 6.10 Å². The third-order valence-electron chi connectivity index (χ3n) is 3.47. The molecule has 0 heterocycles. The third kappa shape index (κ3) is 4.02. The van der Waals surface area contributed by atoms with E-state index in [0.717, 1.165) is 21.9 Å². The smallest absolute Gasteiger partial charge is 0.135 e. The summed E-state index contributed by atoms with van der Waals surface area (Å²) in [6, 6.07) is 23.6. The van der Waals surface area contributed by atoms with Crippen LogP contribution >= 0.6 is 11.6 Å². The predicted molar refractivity (Wildman–Crippen MR) is 97.1 cm³/mol. The van der Waals surface area contributed by atoms with Crippen LogP contribution in [0.25, 0.3) is 15.8 Å². The molecule has 0 aliphatic heterocycles. The van der Waals surface area contributed by atoms with Crippen molar-refractivity contribution in [1.82, 2.24) is 0 Å². The minimum Gasteiger partial charge on any atom is -0.377 e. The van der Waals surface area contributed by atoms with Gasteiger partial charge in [0.15, 0.2) is 0 Å². The van der Waals surface area contributed by atoms with Crippen LogP contribution in [0, 0.1) is 11.8 Å². The zero-order valence-electron chi connectivity index (χ0n) is 12.4. The van der Waals surface area contributed by atoms with Gasteiger partial charge in [0.25, 0.3) is 0 Å². The first-order chi connectivity index (χ1) is 11.2. The Labute approximate surface area is 140 Å². The van der Waals surface area contributed by atoms with Crippen molar-refractivity contribution in [2.45, 2.75) is 6.10 Å². The highest BCUT2D eigenvalue weighted by Crippen LogP contribution is 2.24.